The molecule has 1 unspecified atom stereocenters. The number of hydrogen-bond acceptors (Lipinski definition) is 4. The summed E-state index contributed by atoms with van der Waals surface area (Å²) < 4.78 is 10.9. The number of carbonyl (C=O) groups excluding carboxylic acids is 2. The monoisotopic (exact) mass is 368 g/mol. The van der Waals surface area contributed by atoms with Crippen molar-refractivity contribution in [1.29, 1.82) is 0 Å². The molecule has 2 rings (SSSR count). The van der Waals surface area contributed by atoms with E-state index in [0.29, 0.717) is 23.5 Å². The summed E-state index contributed by atoms with van der Waals surface area (Å²) >= 11 is 0. The highest BCUT2D eigenvalue weighted by molar-refractivity contribution is 5.91. The van der Waals surface area contributed by atoms with Crippen LogP contribution in [0.25, 0.3) is 0 Å². The molecule has 0 saturated heterocycles. The SMILES string of the molecule is CCCc1ccc(C(=O)Oc2ccccc2C(C(=O)OCC)C(C)C)cc1. The Morgan fingerprint density at radius 2 is 1.63 bits per heavy atom. The summed E-state index contributed by atoms with van der Waals surface area (Å²) in [6, 6.07) is 14.6. The van der Waals surface area contributed by atoms with E-state index in [1.54, 1.807) is 31.2 Å². The van der Waals surface area contributed by atoms with E-state index in [4.69, 9.17) is 9.47 Å². The molecule has 0 N–H and O–H groups in total. The molecule has 1 atom stereocenters. The average Bonchev–Trinajstić information content (AvgIpc) is 2.64. The van der Waals surface area contributed by atoms with E-state index >= 15 is 0 Å². The molecule has 2 aromatic rings. The van der Waals surface area contributed by atoms with Crippen LogP contribution in [-0.4, -0.2) is 18.5 Å². The van der Waals surface area contributed by atoms with Crippen molar-refractivity contribution in [3.8, 4) is 5.75 Å². The summed E-state index contributed by atoms with van der Waals surface area (Å²) in [5.74, 6) is -0.818. The van der Waals surface area contributed by atoms with Crippen LogP contribution in [0.1, 0.15) is 61.5 Å². The summed E-state index contributed by atoms with van der Waals surface area (Å²) in [7, 11) is 0. The predicted molar refractivity (Wildman–Crippen MR) is 106 cm³/mol. The minimum Gasteiger partial charge on any atom is -0.466 e. The van der Waals surface area contributed by atoms with E-state index in [1.807, 2.05) is 38.1 Å². The van der Waals surface area contributed by atoms with Crippen LogP contribution < -0.4 is 4.74 Å². The Bertz CT molecular complexity index is 762. The molecule has 0 saturated carbocycles. The Balaban J connectivity index is 2.26. The van der Waals surface area contributed by atoms with Gasteiger partial charge in [0.1, 0.15) is 5.75 Å². The van der Waals surface area contributed by atoms with Crippen molar-refractivity contribution in [3.63, 3.8) is 0 Å². The van der Waals surface area contributed by atoms with Gasteiger partial charge in [0.25, 0.3) is 0 Å². The third-order valence-corrected chi connectivity index (χ3v) is 4.39. The maximum atomic E-state index is 12.6. The Kier molecular flexibility index (Phi) is 7.59. The fourth-order valence-corrected chi connectivity index (χ4v) is 3.08. The van der Waals surface area contributed by atoms with Gasteiger partial charge >= 0.3 is 11.9 Å². The second-order valence-corrected chi connectivity index (χ2v) is 6.85. The molecule has 2 aromatic carbocycles. The van der Waals surface area contributed by atoms with Gasteiger partial charge in [-0.15, -0.1) is 0 Å². The fraction of sp³-hybridized carbons (Fsp3) is 0.391. The number of rotatable bonds is 8. The van der Waals surface area contributed by atoms with Crippen LogP contribution >= 0.6 is 0 Å². The van der Waals surface area contributed by atoms with Crippen molar-refractivity contribution in [2.75, 3.05) is 6.61 Å². The number of para-hydroxylation sites is 1. The van der Waals surface area contributed by atoms with Crippen molar-refractivity contribution in [2.24, 2.45) is 5.92 Å². The fourth-order valence-electron chi connectivity index (χ4n) is 3.08. The zero-order valence-corrected chi connectivity index (χ0v) is 16.5. The lowest BCUT2D eigenvalue weighted by Gasteiger charge is -2.21. The lowest BCUT2D eigenvalue weighted by molar-refractivity contribution is -0.146. The highest BCUT2D eigenvalue weighted by Crippen LogP contribution is 2.33. The summed E-state index contributed by atoms with van der Waals surface area (Å²) in [5, 5.41) is 0. The van der Waals surface area contributed by atoms with E-state index in [1.165, 1.54) is 5.56 Å². The summed E-state index contributed by atoms with van der Waals surface area (Å²) in [6.07, 6.45) is 2.04. The molecule has 0 aromatic heterocycles. The zero-order chi connectivity index (χ0) is 19.8. The van der Waals surface area contributed by atoms with Gasteiger partial charge in [-0.1, -0.05) is 57.5 Å². The van der Waals surface area contributed by atoms with Gasteiger partial charge in [-0.3, -0.25) is 4.79 Å². The van der Waals surface area contributed by atoms with Crippen molar-refractivity contribution < 1.29 is 19.1 Å². The van der Waals surface area contributed by atoms with Crippen molar-refractivity contribution in [2.45, 2.75) is 46.5 Å². The van der Waals surface area contributed by atoms with Gasteiger partial charge in [0, 0.05) is 5.56 Å². The van der Waals surface area contributed by atoms with Gasteiger partial charge in [-0.25, -0.2) is 4.79 Å². The molecule has 0 spiro atoms. The minimum atomic E-state index is -0.485. The topological polar surface area (TPSA) is 52.6 Å². The molecule has 4 heteroatoms. The average molecular weight is 368 g/mol. The Morgan fingerprint density at radius 3 is 2.22 bits per heavy atom. The van der Waals surface area contributed by atoms with Crippen LogP contribution in [0.3, 0.4) is 0 Å². The zero-order valence-electron chi connectivity index (χ0n) is 16.5. The first kappa shape index (κ1) is 20.7. The molecular formula is C23H28O4. The van der Waals surface area contributed by atoms with Crippen molar-refractivity contribution in [3.05, 3.63) is 65.2 Å². The third kappa shape index (κ3) is 5.43. The van der Waals surface area contributed by atoms with Gasteiger partial charge in [0.05, 0.1) is 18.1 Å². The quantitative estimate of drug-likeness (QED) is 0.477. The molecule has 0 aliphatic heterocycles. The molecule has 0 aliphatic rings. The van der Waals surface area contributed by atoms with Gasteiger partial charge in [0.15, 0.2) is 0 Å². The largest absolute Gasteiger partial charge is 0.466 e. The summed E-state index contributed by atoms with van der Waals surface area (Å²) in [6.45, 7) is 8.12. The number of hydrogen-bond donors (Lipinski definition) is 0. The standard InChI is InChI=1S/C23H28O4/c1-5-9-17-12-14-18(15-13-17)22(24)27-20-11-8-7-10-19(20)21(16(3)4)23(25)26-6-2/h7-8,10-16,21H,5-6,9H2,1-4H3. The first-order valence-electron chi connectivity index (χ1n) is 9.54. The van der Waals surface area contributed by atoms with E-state index in [-0.39, 0.29) is 11.9 Å². The molecule has 0 amide bonds. The van der Waals surface area contributed by atoms with Crippen LogP contribution in [-0.2, 0) is 16.0 Å². The maximum Gasteiger partial charge on any atom is 0.343 e. The smallest absolute Gasteiger partial charge is 0.343 e. The molecular weight excluding hydrogens is 340 g/mol. The van der Waals surface area contributed by atoms with Crippen LogP contribution in [0.5, 0.6) is 5.75 Å². The maximum absolute atomic E-state index is 12.6. The molecule has 144 valence electrons. The molecule has 0 radical (unpaired) electrons. The number of benzene rings is 2. The Hall–Kier alpha value is -2.62. The first-order valence-corrected chi connectivity index (χ1v) is 9.54. The van der Waals surface area contributed by atoms with Gasteiger partial charge < -0.3 is 9.47 Å². The third-order valence-electron chi connectivity index (χ3n) is 4.39. The molecule has 0 bridgehead atoms. The van der Waals surface area contributed by atoms with Crippen molar-refractivity contribution >= 4 is 11.9 Å². The molecule has 0 fully saturated rings. The van der Waals surface area contributed by atoms with Gasteiger partial charge in [0.2, 0.25) is 0 Å². The van der Waals surface area contributed by atoms with Gasteiger partial charge in [-0.2, -0.15) is 0 Å². The van der Waals surface area contributed by atoms with E-state index in [0.717, 1.165) is 12.8 Å². The first-order chi connectivity index (χ1) is 13.0. The molecule has 27 heavy (non-hydrogen) atoms. The van der Waals surface area contributed by atoms with Crippen LogP contribution in [0, 0.1) is 5.92 Å². The number of esters is 2. The minimum absolute atomic E-state index is 0.0113. The summed E-state index contributed by atoms with van der Waals surface area (Å²) in [4.78, 5) is 25.0. The Labute approximate surface area is 161 Å². The molecule has 0 aliphatic carbocycles. The highest BCUT2D eigenvalue weighted by Gasteiger charge is 2.29. The normalized spacial score (nSPS) is 11.9. The lowest BCUT2D eigenvalue weighted by atomic mass is 9.88. The number of ether oxygens (including phenoxy) is 2. The van der Waals surface area contributed by atoms with Crippen LogP contribution in [0.2, 0.25) is 0 Å². The Morgan fingerprint density at radius 1 is 0.963 bits per heavy atom. The molecule has 4 nitrogen and oxygen atoms in total. The second kappa shape index (κ2) is 9.91. The van der Waals surface area contributed by atoms with E-state index < -0.39 is 11.9 Å². The lowest BCUT2D eigenvalue weighted by Crippen LogP contribution is -2.22. The second-order valence-electron chi connectivity index (χ2n) is 6.85. The van der Waals surface area contributed by atoms with E-state index in [9.17, 15) is 9.59 Å². The van der Waals surface area contributed by atoms with Gasteiger partial charge in [-0.05, 0) is 43.0 Å². The van der Waals surface area contributed by atoms with Crippen LogP contribution in [0.4, 0.5) is 0 Å². The number of carbonyl (C=O) groups is 2. The molecule has 0 heterocycles. The highest BCUT2D eigenvalue weighted by atomic mass is 16.5. The number of aryl methyl sites for hydroxylation is 1. The summed E-state index contributed by atoms with van der Waals surface area (Å²) in [5.41, 5.74) is 2.35. The van der Waals surface area contributed by atoms with Crippen molar-refractivity contribution in [1.82, 2.24) is 0 Å². The van der Waals surface area contributed by atoms with E-state index in [2.05, 4.69) is 6.92 Å². The van der Waals surface area contributed by atoms with Crippen LogP contribution in [0.15, 0.2) is 48.5 Å². The predicted octanol–water partition coefficient (Wildman–Crippen LogP) is 5.16.